The van der Waals surface area contributed by atoms with Crippen molar-refractivity contribution in [1.29, 1.82) is 5.26 Å². The van der Waals surface area contributed by atoms with Crippen LogP contribution in [-0.4, -0.2) is 23.8 Å². The Labute approximate surface area is 158 Å². The Bertz CT molecular complexity index is 869. The summed E-state index contributed by atoms with van der Waals surface area (Å²) in [4.78, 5) is 12.1. The molecule has 0 heterocycles. The minimum atomic E-state index is -1.38. The van der Waals surface area contributed by atoms with Gasteiger partial charge < -0.3 is 19.9 Å². The van der Waals surface area contributed by atoms with Crippen LogP contribution >= 0.6 is 0 Å². The molecule has 6 heteroatoms. The Morgan fingerprint density at radius 2 is 1.96 bits per heavy atom. The molecule has 2 N–H and O–H groups in total. The van der Waals surface area contributed by atoms with Crippen LogP contribution in [0.15, 0.2) is 42.5 Å². The van der Waals surface area contributed by atoms with Gasteiger partial charge in [-0.25, -0.2) is 4.79 Å². The van der Waals surface area contributed by atoms with Crippen LogP contribution < -0.4 is 14.8 Å². The highest BCUT2D eigenvalue weighted by atomic mass is 16.5. The highest BCUT2D eigenvalue weighted by molar-refractivity contribution is 5.84. The molecule has 0 aliphatic heterocycles. The van der Waals surface area contributed by atoms with E-state index in [1.807, 2.05) is 13.0 Å². The fourth-order valence-electron chi connectivity index (χ4n) is 2.72. The van der Waals surface area contributed by atoms with E-state index in [-0.39, 0.29) is 6.10 Å². The van der Waals surface area contributed by atoms with Gasteiger partial charge in [-0.3, -0.25) is 0 Å². The molecule has 0 amide bonds. The number of nitrogens with one attached hydrogen (secondary N) is 1. The van der Waals surface area contributed by atoms with Gasteiger partial charge in [-0.05, 0) is 68.7 Å². The van der Waals surface area contributed by atoms with Crippen LogP contribution in [-0.2, 0) is 10.3 Å². The first-order valence-corrected chi connectivity index (χ1v) is 8.92. The summed E-state index contributed by atoms with van der Waals surface area (Å²) in [6.07, 6.45) is 2.28. The Balaban J connectivity index is 1.93. The molecular formula is C21H22N2O4. The predicted molar refractivity (Wildman–Crippen MR) is 101 cm³/mol. The van der Waals surface area contributed by atoms with Crippen LogP contribution in [0, 0.1) is 11.3 Å². The van der Waals surface area contributed by atoms with Gasteiger partial charge in [-0.15, -0.1) is 0 Å². The van der Waals surface area contributed by atoms with Gasteiger partial charge in [0.25, 0.3) is 0 Å². The fourth-order valence-corrected chi connectivity index (χ4v) is 2.72. The lowest BCUT2D eigenvalue weighted by Gasteiger charge is -2.29. The van der Waals surface area contributed by atoms with Gasteiger partial charge >= 0.3 is 5.97 Å². The third kappa shape index (κ3) is 4.14. The number of carboxylic acids is 1. The molecule has 1 atom stereocenters. The number of anilines is 1. The number of benzene rings is 2. The lowest BCUT2D eigenvalue weighted by atomic mass is 9.91. The van der Waals surface area contributed by atoms with Crippen molar-refractivity contribution in [2.45, 2.75) is 38.3 Å². The Morgan fingerprint density at radius 3 is 2.52 bits per heavy atom. The number of hydrogen-bond donors (Lipinski definition) is 2. The number of ether oxygens (including phenoxy) is 2. The van der Waals surface area contributed by atoms with E-state index in [4.69, 9.17) is 14.7 Å². The molecule has 0 bridgehead atoms. The zero-order valence-corrected chi connectivity index (χ0v) is 15.4. The third-order valence-electron chi connectivity index (χ3n) is 4.47. The molecule has 2 aromatic rings. The van der Waals surface area contributed by atoms with Gasteiger partial charge in [0.15, 0.2) is 17.0 Å². The second-order valence-corrected chi connectivity index (χ2v) is 6.66. The monoisotopic (exact) mass is 366 g/mol. The van der Waals surface area contributed by atoms with Crippen molar-refractivity contribution in [3.8, 4) is 17.6 Å². The van der Waals surface area contributed by atoms with Gasteiger partial charge in [0, 0.05) is 5.69 Å². The molecule has 6 nitrogen and oxygen atoms in total. The SMILES string of the molecule is CCOc1cc(C(C)(Nc2ccc(C#N)cc2)C(=O)O)ccc1OC1CC1. The zero-order chi connectivity index (χ0) is 19.4. The zero-order valence-electron chi connectivity index (χ0n) is 15.4. The highest BCUT2D eigenvalue weighted by Gasteiger charge is 2.36. The standard InChI is InChI=1S/C21H22N2O4/c1-3-26-19-12-15(6-11-18(19)27-17-9-10-17)21(2,20(24)25)23-16-7-4-14(13-22)5-8-16/h4-8,11-12,17,23H,3,9-10H2,1-2H3,(H,24,25). The van der Waals surface area contributed by atoms with Crippen molar-refractivity contribution in [3.05, 3.63) is 53.6 Å². The molecule has 1 saturated carbocycles. The summed E-state index contributed by atoms with van der Waals surface area (Å²) in [6.45, 7) is 3.93. The van der Waals surface area contributed by atoms with Crippen LogP contribution in [0.1, 0.15) is 37.8 Å². The van der Waals surface area contributed by atoms with Crippen LogP contribution in [0.5, 0.6) is 11.5 Å². The topological polar surface area (TPSA) is 91.6 Å². The molecule has 3 rings (SSSR count). The lowest BCUT2D eigenvalue weighted by molar-refractivity contribution is -0.142. The molecule has 1 aliphatic rings. The Morgan fingerprint density at radius 1 is 1.26 bits per heavy atom. The molecule has 0 radical (unpaired) electrons. The fraction of sp³-hybridized carbons (Fsp3) is 0.333. The van der Waals surface area contributed by atoms with Gasteiger partial charge in [-0.2, -0.15) is 5.26 Å². The summed E-state index contributed by atoms with van der Waals surface area (Å²) in [5.74, 6) is 0.149. The maximum absolute atomic E-state index is 12.1. The molecule has 0 aromatic heterocycles. The van der Waals surface area contributed by atoms with Crippen molar-refractivity contribution in [3.63, 3.8) is 0 Å². The number of nitrogens with zero attached hydrogens (tertiary/aromatic N) is 1. The number of carbonyl (C=O) groups is 1. The summed E-state index contributed by atoms with van der Waals surface area (Å²) in [5, 5.41) is 21.9. The van der Waals surface area contributed by atoms with Gasteiger partial charge in [0.1, 0.15) is 0 Å². The second-order valence-electron chi connectivity index (χ2n) is 6.66. The first-order chi connectivity index (χ1) is 13.0. The van der Waals surface area contributed by atoms with Crippen molar-refractivity contribution < 1.29 is 19.4 Å². The van der Waals surface area contributed by atoms with Crippen LogP contribution in [0.3, 0.4) is 0 Å². The van der Waals surface area contributed by atoms with Gasteiger partial charge in [0.05, 0.1) is 24.3 Å². The van der Waals surface area contributed by atoms with Gasteiger partial charge in [0.2, 0.25) is 0 Å². The number of nitriles is 1. The maximum Gasteiger partial charge on any atom is 0.333 e. The summed E-state index contributed by atoms with van der Waals surface area (Å²) >= 11 is 0. The minimum absolute atomic E-state index is 0.220. The van der Waals surface area contributed by atoms with E-state index in [0.29, 0.717) is 34.9 Å². The average Bonchev–Trinajstić information content (AvgIpc) is 3.48. The first-order valence-electron chi connectivity index (χ1n) is 8.92. The molecule has 1 aliphatic carbocycles. The molecule has 0 saturated heterocycles. The van der Waals surface area contributed by atoms with Crippen LogP contribution in [0.2, 0.25) is 0 Å². The highest BCUT2D eigenvalue weighted by Crippen LogP contribution is 2.37. The van der Waals surface area contributed by atoms with E-state index < -0.39 is 11.5 Å². The normalized spacial score (nSPS) is 15.3. The van der Waals surface area contributed by atoms with Crippen LogP contribution in [0.4, 0.5) is 5.69 Å². The average molecular weight is 366 g/mol. The number of aliphatic carboxylic acids is 1. The maximum atomic E-state index is 12.1. The number of hydrogen-bond acceptors (Lipinski definition) is 5. The van der Waals surface area contributed by atoms with E-state index in [2.05, 4.69) is 5.32 Å². The summed E-state index contributed by atoms with van der Waals surface area (Å²) in [7, 11) is 0. The molecule has 2 aromatic carbocycles. The number of rotatable bonds is 8. The summed E-state index contributed by atoms with van der Waals surface area (Å²) < 4.78 is 11.5. The van der Waals surface area contributed by atoms with Crippen molar-refractivity contribution in [1.82, 2.24) is 0 Å². The van der Waals surface area contributed by atoms with E-state index in [1.165, 1.54) is 0 Å². The Kier molecular flexibility index (Phi) is 5.22. The number of carboxylic acid groups (broad SMARTS) is 1. The van der Waals surface area contributed by atoms with Crippen molar-refractivity contribution >= 4 is 11.7 Å². The quantitative estimate of drug-likeness (QED) is 0.736. The smallest absolute Gasteiger partial charge is 0.333 e. The molecular weight excluding hydrogens is 344 g/mol. The van der Waals surface area contributed by atoms with E-state index in [9.17, 15) is 9.90 Å². The first kappa shape index (κ1) is 18.6. The summed E-state index contributed by atoms with van der Waals surface area (Å²) in [5.41, 5.74) is 0.289. The molecule has 27 heavy (non-hydrogen) atoms. The van der Waals surface area contributed by atoms with Crippen molar-refractivity contribution in [2.75, 3.05) is 11.9 Å². The molecule has 1 fully saturated rings. The largest absolute Gasteiger partial charge is 0.490 e. The van der Waals surface area contributed by atoms with E-state index >= 15 is 0 Å². The molecule has 1 unspecified atom stereocenters. The second kappa shape index (κ2) is 7.58. The van der Waals surface area contributed by atoms with E-state index in [1.54, 1.807) is 49.4 Å². The van der Waals surface area contributed by atoms with Gasteiger partial charge in [-0.1, -0.05) is 6.07 Å². The molecule has 140 valence electrons. The lowest BCUT2D eigenvalue weighted by Crippen LogP contribution is -2.40. The predicted octanol–water partition coefficient (Wildman–Crippen LogP) is 3.91. The van der Waals surface area contributed by atoms with Crippen molar-refractivity contribution in [2.24, 2.45) is 0 Å². The molecule has 0 spiro atoms. The third-order valence-corrected chi connectivity index (χ3v) is 4.47. The Hall–Kier alpha value is -3.20. The van der Waals surface area contributed by atoms with Crippen LogP contribution in [0.25, 0.3) is 0 Å². The minimum Gasteiger partial charge on any atom is -0.490 e. The van der Waals surface area contributed by atoms with E-state index in [0.717, 1.165) is 12.8 Å². The summed E-state index contributed by atoms with van der Waals surface area (Å²) in [6, 6.07) is 13.9.